The van der Waals surface area contributed by atoms with Crippen LogP contribution in [0.2, 0.25) is 0 Å². The minimum absolute atomic E-state index is 0.0730. The molecular weight excluding hydrogens is 340 g/mol. The van der Waals surface area contributed by atoms with Crippen LogP contribution in [0.15, 0.2) is 0 Å². The SMILES string of the molecule is CC(=O)NCCC[C@H](CC(=O)[C@H](CC(C)C)NC(C)(C)C)C(=O)C(C)(C)C. The molecule has 0 heterocycles. The molecule has 0 radical (unpaired) electrons. The molecule has 0 aliphatic heterocycles. The van der Waals surface area contributed by atoms with Gasteiger partial charge in [0.25, 0.3) is 0 Å². The summed E-state index contributed by atoms with van der Waals surface area (Å²) < 4.78 is 0. The highest BCUT2D eigenvalue weighted by atomic mass is 16.1. The molecule has 5 heteroatoms. The van der Waals surface area contributed by atoms with Gasteiger partial charge in [-0.05, 0) is 46.0 Å². The highest BCUT2D eigenvalue weighted by molar-refractivity contribution is 5.92. The summed E-state index contributed by atoms with van der Waals surface area (Å²) in [5, 5.41) is 6.20. The molecule has 0 aromatic carbocycles. The molecule has 2 N–H and O–H groups in total. The number of hydrogen-bond donors (Lipinski definition) is 2. The Morgan fingerprint density at radius 1 is 0.963 bits per heavy atom. The molecule has 0 saturated heterocycles. The standard InChI is InChI=1S/C22H42N2O3/c1-15(2)13-18(24-22(7,8)9)19(26)14-17(20(27)21(4,5)6)11-10-12-23-16(3)25/h15,17-18,24H,10-14H2,1-9H3,(H,23,25)/t17-,18+/m1/s1. The van der Waals surface area contributed by atoms with Gasteiger partial charge >= 0.3 is 0 Å². The number of ketones is 2. The van der Waals surface area contributed by atoms with Gasteiger partial charge < -0.3 is 10.6 Å². The van der Waals surface area contributed by atoms with E-state index in [4.69, 9.17) is 0 Å². The molecule has 1 amide bonds. The molecule has 27 heavy (non-hydrogen) atoms. The van der Waals surface area contributed by atoms with E-state index < -0.39 is 5.41 Å². The Hall–Kier alpha value is -1.23. The normalized spacial score (nSPS) is 14.7. The molecule has 0 aromatic rings. The maximum atomic E-state index is 13.1. The fourth-order valence-electron chi connectivity index (χ4n) is 3.20. The van der Waals surface area contributed by atoms with E-state index in [-0.39, 0.29) is 41.4 Å². The van der Waals surface area contributed by atoms with Gasteiger partial charge in [-0.2, -0.15) is 0 Å². The van der Waals surface area contributed by atoms with Crippen molar-refractivity contribution < 1.29 is 14.4 Å². The molecule has 0 rings (SSSR count). The molecule has 2 atom stereocenters. The van der Waals surface area contributed by atoms with Crippen LogP contribution in [0.3, 0.4) is 0 Å². The number of rotatable bonds is 11. The first-order valence-corrected chi connectivity index (χ1v) is 10.2. The third kappa shape index (κ3) is 12.0. The summed E-state index contributed by atoms with van der Waals surface area (Å²) in [6.45, 7) is 18.1. The predicted octanol–water partition coefficient (Wildman–Crippen LogP) is 3.90. The van der Waals surface area contributed by atoms with Gasteiger partial charge in [-0.15, -0.1) is 0 Å². The number of nitrogens with one attached hydrogen (secondary N) is 2. The van der Waals surface area contributed by atoms with Gasteiger partial charge in [0.1, 0.15) is 11.6 Å². The Morgan fingerprint density at radius 2 is 1.52 bits per heavy atom. The Balaban J connectivity index is 5.19. The van der Waals surface area contributed by atoms with Crippen LogP contribution in [0.1, 0.15) is 88.0 Å². The predicted molar refractivity (Wildman–Crippen MR) is 112 cm³/mol. The van der Waals surface area contributed by atoms with Crippen LogP contribution in [0.5, 0.6) is 0 Å². The molecule has 0 aromatic heterocycles. The zero-order valence-corrected chi connectivity index (χ0v) is 19.0. The number of hydrogen-bond acceptors (Lipinski definition) is 4. The monoisotopic (exact) mass is 382 g/mol. The number of amides is 1. The molecule has 0 saturated carbocycles. The van der Waals surface area contributed by atoms with Crippen LogP contribution >= 0.6 is 0 Å². The minimum atomic E-state index is -0.482. The Labute approximate surface area is 166 Å². The molecular formula is C22H42N2O3. The lowest BCUT2D eigenvalue weighted by Crippen LogP contribution is -2.49. The van der Waals surface area contributed by atoms with Crippen molar-refractivity contribution in [1.82, 2.24) is 10.6 Å². The second kappa shape index (κ2) is 10.9. The van der Waals surface area contributed by atoms with Gasteiger partial charge in [-0.25, -0.2) is 0 Å². The molecule has 0 aliphatic rings. The van der Waals surface area contributed by atoms with E-state index in [1.165, 1.54) is 6.92 Å². The van der Waals surface area contributed by atoms with Crippen molar-refractivity contribution in [3.05, 3.63) is 0 Å². The van der Waals surface area contributed by atoms with Crippen molar-refractivity contribution in [2.24, 2.45) is 17.3 Å². The summed E-state index contributed by atoms with van der Waals surface area (Å²) >= 11 is 0. The van der Waals surface area contributed by atoms with Gasteiger partial charge in [0.15, 0.2) is 0 Å². The maximum Gasteiger partial charge on any atom is 0.216 e. The summed E-state index contributed by atoms with van der Waals surface area (Å²) in [5.74, 6) is 0.252. The summed E-state index contributed by atoms with van der Waals surface area (Å²) in [4.78, 5) is 37.0. The third-order valence-electron chi connectivity index (χ3n) is 4.36. The maximum absolute atomic E-state index is 13.1. The van der Waals surface area contributed by atoms with E-state index in [1.54, 1.807) is 0 Å². The molecule has 0 aliphatic carbocycles. The van der Waals surface area contributed by atoms with Crippen LogP contribution < -0.4 is 10.6 Å². The van der Waals surface area contributed by atoms with E-state index in [0.717, 1.165) is 6.42 Å². The molecule has 0 spiro atoms. The van der Waals surface area contributed by atoms with E-state index in [2.05, 4.69) is 45.3 Å². The fraction of sp³-hybridized carbons (Fsp3) is 0.864. The largest absolute Gasteiger partial charge is 0.356 e. The lowest BCUT2D eigenvalue weighted by molar-refractivity contribution is -0.134. The van der Waals surface area contributed by atoms with E-state index >= 15 is 0 Å². The van der Waals surface area contributed by atoms with Crippen molar-refractivity contribution >= 4 is 17.5 Å². The smallest absolute Gasteiger partial charge is 0.216 e. The van der Waals surface area contributed by atoms with Gasteiger partial charge in [0, 0.05) is 36.8 Å². The first kappa shape index (κ1) is 25.8. The second-order valence-electron chi connectivity index (χ2n) is 10.2. The average molecular weight is 383 g/mol. The zero-order valence-electron chi connectivity index (χ0n) is 19.0. The van der Waals surface area contributed by atoms with Crippen molar-refractivity contribution in [3.8, 4) is 0 Å². The highest BCUT2D eigenvalue weighted by Gasteiger charge is 2.33. The second-order valence-corrected chi connectivity index (χ2v) is 10.2. The number of carbonyl (C=O) groups excluding carboxylic acids is 3. The molecule has 5 nitrogen and oxygen atoms in total. The third-order valence-corrected chi connectivity index (χ3v) is 4.36. The van der Waals surface area contributed by atoms with E-state index in [1.807, 2.05) is 20.8 Å². The summed E-state index contributed by atoms with van der Waals surface area (Å²) in [6, 6.07) is -0.240. The van der Waals surface area contributed by atoms with Gasteiger partial charge in [0.05, 0.1) is 6.04 Å². The van der Waals surface area contributed by atoms with Crippen molar-refractivity contribution in [2.75, 3.05) is 6.54 Å². The first-order valence-electron chi connectivity index (χ1n) is 10.2. The van der Waals surface area contributed by atoms with Crippen molar-refractivity contribution in [1.29, 1.82) is 0 Å². The number of carbonyl (C=O) groups is 3. The van der Waals surface area contributed by atoms with Crippen molar-refractivity contribution in [3.63, 3.8) is 0 Å². The van der Waals surface area contributed by atoms with Crippen LogP contribution in [-0.4, -0.2) is 35.6 Å². The topological polar surface area (TPSA) is 75.3 Å². The summed E-state index contributed by atoms with van der Waals surface area (Å²) in [5.41, 5.74) is -0.645. The Kier molecular flexibility index (Phi) is 10.4. The fourth-order valence-corrected chi connectivity index (χ4v) is 3.20. The zero-order chi connectivity index (χ0) is 21.4. The number of Topliss-reactive ketones (excluding diaryl/α,β-unsaturated/α-hetero) is 2. The van der Waals surface area contributed by atoms with Crippen molar-refractivity contribution in [2.45, 2.75) is 99.6 Å². The van der Waals surface area contributed by atoms with E-state index in [9.17, 15) is 14.4 Å². The van der Waals surface area contributed by atoms with Crippen LogP contribution in [0, 0.1) is 17.3 Å². The Morgan fingerprint density at radius 3 is 1.93 bits per heavy atom. The lowest BCUT2D eigenvalue weighted by atomic mass is 9.78. The quantitative estimate of drug-likeness (QED) is 0.532. The first-order chi connectivity index (χ1) is 12.1. The Bertz CT molecular complexity index is 499. The molecule has 0 unspecified atom stereocenters. The van der Waals surface area contributed by atoms with Crippen LogP contribution in [0.4, 0.5) is 0 Å². The lowest BCUT2D eigenvalue weighted by Gasteiger charge is -2.31. The minimum Gasteiger partial charge on any atom is -0.356 e. The van der Waals surface area contributed by atoms with Crippen LogP contribution in [-0.2, 0) is 14.4 Å². The van der Waals surface area contributed by atoms with Gasteiger partial charge in [0.2, 0.25) is 5.91 Å². The van der Waals surface area contributed by atoms with E-state index in [0.29, 0.717) is 25.3 Å². The average Bonchev–Trinajstić information content (AvgIpc) is 2.45. The molecule has 0 fully saturated rings. The molecule has 0 bridgehead atoms. The van der Waals surface area contributed by atoms with Gasteiger partial charge in [-0.3, -0.25) is 14.4 Å². The highest BCUT2D eigenvalue weighted by Crippen LogP contribution is 2.27. The summed E-state index contributed by atoms with van der Waals surface area (Å²) in [7, 11) is 0. The summed E-state index contributed by atoms with van der Waals surface area (Å²) in [6.07, 6.45) is 2.34. The van der Waals surface area contributed by atoms with Crippen LogP contribution in [0.25, 0.3) is 0 Å². The molecule has 158 valence electrons. The van der Waals surface area contributed by atoms with Gasteiger partial charge in [-0.1, -0.05) is 34.6 Å².